The molecule has 0 saturated heterocycles. The first kappa shape index (κ1) is 9.94. The van der Waals surface area contributed by atoms with Crippen LogP contribution in [0, 0.1) is 5.92 Å². The zero-order valence-corrected chi connectivity index (χ0v) is 8.98. The van der Waals surface area contributed by atoms with Gasteiger partial charge in [-0.25, -0.2) is 0 Å². The zero-order valence-electron chi connectivity index (χ0n) is 7.46. The third-order valence-corrected chi connectivity index (χ3v) is 2.74. The van der Waals surface area contributed by atoms with E-state index < -0.39 is 0 Å². The molecule has 1 fully saturated rings. The maximum atomic E-state index is 11.6. The number of hydrogen-bond donors (Lipinski definition) is 0. The second-order valence-corrected chi connectivity index (χ2v) is 4.40. The average molecular weight is 230 g/mol. The minimum atomic E-state index is 0.0224. The first-order chi connectivity index (χ1) is 6.66. The molecule has 1 saturated carbocycles. The summed E-state index contributed by atoms with van der Waals surface area (Å²) in [5.41, 5.74) is 0.350. The van der Waals surface area contributed by atoms with Gasteiger partial charge in [0, 0.05) is 12.6 Å². The van der Waals surface area contributed by atoms with Gasteiger partial charge in [-0.05, 0) is 24.8 Å². The van der Waals surface area contributed by atoms with Crippen molar-refractivity contribution in [2.75, 3.05) is 0 Å². The fraction of sp³-hybridized carbons (Fsp3) is 0.400. The first-order valence-corrected chi connectivity index (χ1v) is 5.26. The predicted molar refractivity (Wildman–Crippen MR) is 55.9 cm³/mol. The van der Waals surface area contributed by atoms with E-state index >= 15 is 0 Å². The quantitative estimate of drug-likeness (QED) is 0.745. The molecule has 1 aliphatic carbocycles. The van der Waals surface area contributed by atoms with E-state index in [1.807, 2.05) is 0 Å². The molecule has 0 radical (unpaired) electrons. The normalized spacial score (nSPS) is 15.6. The van der Waals surface area contributed by atoms with Crippen molar-refractivity contribution in [3.63, 3.8) is 0 Å². The lowest BCUT2D eigenvalue weighted by Crippen LogP contribution is -2.03. The number of carbonyl (C=O) groups excluding carboxylic acids is 1. The Bertz CT molecular complexity index is 374. The summed E-state index contributed by atoms with van der Waals surface area (Å²) in [6.45, 7) is 0. The number of hydrogen-bond acceptors (Lipinski definition) is 2. The number of halogens is 2. The molecule has 14 heavy (non-hydrogen) atoms. The van der Waals surface area contributed by atoms with Crippen molar-refractivity contribution in [3.05, 3.63) is 28.0 Å². The van der Waals surface area contributed by atoms with Crippen molar-refractivity contribution >= 4 is 29.0 Å². The lowest BCUT2D eigenvalue weighted by molar-refractivity contribution is 0.0971. The van der Waals surface area contributed by atoms with Crippen molar-refractivity contribution in [2.24, 2.45) is 5.92 Å². The molecule has 0 N–H and O–H groups in total. The molecule has 0 bridgehead atoms. The van der Waals surface area contributed by atoms with Gasteiger partial charge in [-0.3, -0.25) is 9.78 Å². The van der Waals surface area contributed by atoms with Gasteiger partial charge in [0.15, 0.2) is 5.78 Å². The molecule has 0 aliphatic heterocycles. The first-order valence-electron chi connectivity index (χ1n) is 4.51. The van der Waals surface area contributed by atoms with Crippen LogP contribution in [0.25, 0.3) is 0 Å². The van der Waals surface area contributed by atoms with Crippen molar-refractivity contribution in [2.45, 2.75) is 19.3 Å². The van der Waals surface area contributed by atoms with Gasteiger partial charge in [0.25, 0.3) is 0 Å². The Morgan fingerprint density at radius 2 is 2.21 bits per heavy atom. The zero-order chi connectivity index (χ0) is 10.1. The van der Waals surface area contributed by atoms with Gasteiger partial charge in [-0.2, -0.15) is 0 Å². The van der Waals surface area contributed by atoms with Gasteiger partial charge in [0.2, 0.25) is 0 Å². The summed E-state index contributed by atoms with van der Waals surface area (Å²) in [6.07, 6.45) is 4.32. The van der Waals surface area contributed by atoms with E-state index in [1.54, 1.807) is 6.07 Å². The van der Waals surface area contributed by atoms with Crippen LogP contribution in [0.3, 0.4) is 0 Å². The molecular weight excluding hydrogens is 221 g/mol. The Labute approximate surface area is 92.2 Å². The Kier molecular flexibility index (Phi) is 2.75. The van der Waals surface area contributed by atoms with Gasteiger partial charge in [-0.1, -0.05) is 23.2 Å². The van der Waals surface area contributed by atoms with Crippen LogP contribution < -0.4 is 0 Å². The van der Waals surface area contributed by atoms with Crippen LogP contribution >= 0.6 is 23.2 Å². The Balaban J connectivity index is 2.17. The smallest absolute Gasteiger partial charge is 0.182 e. The van der Waals surface area contributed by atoms with Crippen LogP contribution in [0.5, 0.6) is 0 Å². The summed E-state index contributed by atoms with van der Waals surface area (Å²) in [6, 6.07) is 1.55. The molecule has 74 valence electrons. The Morgan fingerprint density at radius 1 is 1.50 bits per heavy atom. The second kappa shape index (κ2) is 3.87. The molecule has 4 heteroatoms. The topological polar surface area (TPSA) is 30.0 Å². The summed E-state index contributed by atoms with van der Waals surface area (Å²) in [5.74, 6) is 0.574. The van der Waals surface area contributed by atoms with Gasteiger partial charge < -0.3 is 0 Å². The molecule has 0 spiro atoms. The van der Waals surface area contributed by atoms with Crippen molar-refractivity contribution in [3.8, 4) is 0 Å². The highest BCUT2D eigenvalue weighted by atomic mass is 35.5. The Hall–Kier alpha value is -0.600. The maximum absolute atomic E-state index is 11.6. The number of ketones is 1. The summed E-state index contributed by atoms with van der Waals surface area (Å²) in [7, 11) is 0. The number of rotatable bonds is 3. The van der Waals surface area contributed by atoms with Crippen LogP contribution in [0.15, 0.2) is 12.3 Å². The van der Waals surface area contributed by atoms with Crippen LogP contribution in [0.4, 0.5) is 0 Å². The van der Waals surface area contributed by atoms with E-state index in [0.29, 0.717) is 28.1 Å². The number of carbonyl (C=O) groups is 1. The molecule has 2 rings (SSSR count). The Morgan fingerprint density at radius 3 is 2.79 bits per heavy atom. The van der Waals surface area contributed by atoms with E-state index in [0.717, 1.165) is 12.8 Å². The third-order valence-electron chi connectivity index (χ3n) is 2.24. The van der Waals surface area contributed by atoms with E-state index in [2.05, 4.69) is 4.98 Å². The molecule has 0 atom stereocenters. The molecule has 0 aromatic carbocycles. The summed E-state index contributed by atoms with van der Waals surface area (Å²) in [4.78, 5) is 15.6. The van der Waals surface area contributed by atoms with E-state index in [9.17, 15) is 4.79 Å². The van der Waals surface area contributed by atoms with E-state index in [4.69, 9.17) is 23.2 Å². The number of aromatic nitrogens is 1. The van der Waals surface area contributed by atoms with Crippen molar-refractivity contribution in [1.82, 2.24) is 4.98 Å². The molecular formula is C10H9Cl2NO. The minimum Gasteiger partial charge on any atom is -0.292 e. The fourth-order valence-electron chi connectivity index (χ4n) is 1.30. The molecule has 1 aliphatic rings. The van der Waals surface area contributed by atoms with Gasteiger partial charge in [-0.15, -0.1) is 0 Å². The number of Topliss-reactive ketones (excluding diaryl/α,β-unsaturated/α-hetero) is 1. The highest BCUT2D eigenvalue weighted by molar-refractivity contribution is 6.36. The highest BCUT2D eigenvalue weighted by Crippen LogP contribution is 2.34. The molecule has 0 unspecified atom stereocenters. The van der Waals surface area contributed by atoms with Crippen molar-refractivity contribution < 1.29 is 4.79 Å². The van der Waals surface area contributed by atoms with Gasteiger partial charge in [0.1, 0.15) is 5.69 Å². The SMILES string of the molecule is O=C(CC1CC1)c1ncc(Cl)cc1Cl. The molecule has 1 aromatic heterocycles. The lowest BCUT2D eigenvalue weighted by atomic mass is 10.1. The third kappa shape index (κ3) is 2.25. The summed E-state index contributed by atoms with van der Waals surface area (Å²) < 4.78 is 0. The van der Waals surface area contributed by atoms with Crippen LogP contribution in [-0.2, 0) is 0 Å². The van der Waals surface area contributed by atoms with E-state index in [1.165, 1.54) is 6.20 Å². The standard InChI is InChI=1S/C10H9Cl2NO/c11-7-4-8(12)10(13-5-7)9(14)3-6-1-2-6/h4-6H,1-3H2. The number of pyridine rings is 1. The minimum absolute atomic E-state index is 0.0224. The predicted octanol–water partition coefficient (Wildman–Crippen LogP) is 3.37. The van der Waals surface area contributed by atoms with Crippen LogP contribution in [-0.4, -0.2) is 10.8 Å². The maximum Gasteiger partial charge on any atom is 0.182 e. The van der Waals surface area contributed by atoms with E-state index in [-0.39, 0.29) is 5.78 Å². The average Bonchev–Trinajstić information content (AvgIpc) is 2.87. The van der Waals surface area contributed by atoms with Crippen molar-refractivity contribution in [1.29, 1.82) is 0 Å². The monoisotopic (exact) mass is 229 g/mol. The summed E-state index contributed by atoms with van der Waals surface area (Å²) >= 11 is 11.5. The lowest BCUT2D eigenvalue weighted by Gasteiger charge is -2.01. The molecule has 1 heterocycles. The molecule has 2 nitrogen and oxygen atoms in total. The summed E-state index contributed by atoms with van der Waals surface area (Å²) in [5, 5.41) is 0.807. The van der Waals surface area contributed by atoms with Gasteiger partial charge in [0.05, 0.1) is 10.0 Å². The van der Waals surface area contributed by atoms with Crippen LogP contribution in [0.1, 0.15) is 29.8 Å². The molecule has 0 amide bonds. The second-order valence-electron chi connectivity index (χ2n) is 3.55. The fourth-order valence-corrected chi connectivity index (χ4v) is 1.79. The number of nitrogens with zero attached hydrogens (tertiary/aromatic N) is 1. The largest absolute Gasteiger partial charge is 0.292 e. The molecule has 1 aromatic rings. The van der Waals surface area contributed by atoms with Gasteiger partial charge >= 0.3 is 0 Å². The highest BCUT2D eigenvalue weighted by Gasteiger charge is 2.26. The van der Waals surface area contributed by atoms with Crippen LogP contribution in [0.2, 0.25) is 10.0 Å².